The van der Waals surface area contributed by atoms with Crippen molar-refractivity contribution in [3.05, 3.63) is 88.5 Å². The van der Waals surface area contributed by atoms with E-state index in [1.807, 2.05) is 76.1 Å². The third kappa shape index (κ3) is 3.68. The average molecular weight is 374 g/mol. The quantitative estimate of drug-likeness (QED) is 0.525. The van der Waals surface area contributed by atoms with Crippen LogP contribution in [0.5, 0.6) is 0 Å². The molecular formula is C21H20N5O2+. The number of H-pyrrole nitrogens is 1. The Balaban J connectivity index is 1.84. The minimum Gasteiger partial charge on any atom is -0.282 e. The number of benzene rings is 2. The van der Waals surface area contributed by atoms with Gasteiger partial charge >= 0.3 is 5.65 Å². The first-order valence-electron chi connectivity index (χ1n) is 8.98. The summed E-state index contributed by atoms with van der Waals surface area (Å²) in [6, 6.07) is 19.9. The molecule has 0 bridgehead atoms. The molecule has 140 valence electrons. The number of imidazole rings is 1. The molecule has 0 saturated carbocycles. The molecule has 2 aromatic carbocycles. The molecule has 0 radical (unpaired) electrons. The van der Waals surface area contributed by atoms with Gasteiger partial charge in [-0.15, -0.1) is 0 Å². The van der Waals surface area contributed by atoms with Crippen LogP contribution < -0.4 is 15.4 Å². The van der Waals surface area contributed by atoms with E-state index in [9.17, 15) is 9.59 Å². The molecule has 2 N–H and O–H groups in total. The summed E-state index contributed by atoms with van der Waals surface area (Å²) < 4.78 is 3.81. The van der Waals surface area contributed by atoms with E-state index in [-0.39, 0.29) is 17.4 Å². The van der Waals surface area contributed by atoms with Crippen LogP contribution in [0.3, 0.4) is 0 Å². The van der Waals surface area contributed by atoms with Gasteiger partial charge < -0.3 is 0 Å². The molecule has 28 heavy (non-hydrogen) atoms. The van der Waals surface area contributed by atoms with Crippen LogP contribution in [0.2, 0.25) is 0 Å². The number of carbonyl (C=O) groups is 1. The molecule has 0 spiro atoms. The van der Waals surface area contributed by atoms with E-state index in [0.29, 0.717) is 24.3 Å². The van der Waals surface area contributed by atoms with Crippen LogP contribution in [-0.2, 0) is 17.9 Å². The average Bonchev–Trinajstić information content (AvgIpc) is 3.00. The predicted octanol–water partition coefficient (Wildman–Crippen LogP) is 2.07. The number of rotatable bonds is 5. The highest BCUT2D eigenvalue weighted by molar-refractivity contribution is 5.87. The molecule has 0 aliphatic carbocycles. The first kappa shape index (κ1) is 17.7. The number of hydrogen-bond acceptors (Lipinski definition) is 3. The number of nitrogens with one attached hydrogen (secondary N) is 2. The number of hydrogen-bond donors (Lipinski definition) is 2. The Hall–Kier alpha value is -3.74. The molecule has 0 atom stereocenters. The Bertz CT molecular complexity index is 1180. The van der Waals surface area contributed by atoms with Crippen molar-refractivity contribution < 1.29 is 9.36 Å². The van der Waals surface area contributed by atoms with Crippen molar-refractivity contribution in [2.24, 2.45) is 0 Å². The fraction of sp³-hybridized carbons (Fsp3) is 0.143. The molecule has 7 heteroatoms. The smallest absolute Gasteiger partial charge is 0.282 e. The fourth-order valence-corrected chi connectivity index (χ4v) is 3.22. The van der Waals surface area contributed by atoms with Gasteiger partial charge in [-0.25, -0.2) is 4.57 Å². The van der Waals surface area contributed by atoms with Crippen LogP contribution in [0.4, 0.5) is 5.95 Å². The number of amides is 1. The second-order valence-electron chi connectivity index (χ2n) is 6.61. The largest absolute Gasteiger partial charge is 0.311 e. The molecule has 0 unspecified atom stereocenters. The second-order valence-corrected chi connectivity index (χ2v) is 6.61. The van der Waals surface area contributed by atoms with Crippen LogP contribution in [0.1, 0.15) is 18.1 Å². The zero-order valence-corrected chi connectivity index (χ0v) is 15.4. The van der Waals surface area contributed by atoms with E-state index in [1.54, 1.807) is 0 Å². The SMILES string of the molecule is CC(=O)Nc1nc2c(c(=O)[nH]1)n(Cc1ccccc1)c[n+]2Cc1ccccc1. The summed E-state index contributed by atoms with van der Waals surface area (Å²) in [6.45, 7) is 2.49. The van der Waals surface area contributed by atoms with E-state index >= 15 is 0 Å². The lowest BCUT2D eigenvalue weighted by Gasteiger charge is -2.00. The van der Waals surface area contributed by atoms with Crippen LogP contribution >= 0.6 is 0 Å². The Morgan fingerprint density at radius 3 is 2.36 bits per heavy atom. The normalized spacial score (nSPS) is 10.9. The highest BCUT2D eigenvalue weighted by Crippen LogP contribution is 2.11. The van der Waals surface area contributed by atoms with Gasteiger partial charge in [0.25, 0.3) is 11.5 Å². The van der Waals surface area contributed by atoms with Crippen molar-refractivity contribution in [3.8, 4) is 0 Å². The van der Waals surface area contributed by atoms with Gasteiger partial charge in [-0.2, -0.15) is 0 Å². The lowest BCUT2D eigenvalue weighted by Crippen LogP contribution is -2.34. The van der Waals surface area contributed by atoms with E-state index in [0.717, 1.165) is 11.1 Å². The first-order chi connectivity index (χ1) is 13.6. The number of carbonyl (C=O) groups excluding carboxylic acids is 1. The highest BCUT2D eigenvalue weighted by atomic mass is 16.1. The van der Waals surface area contributed by atoms with Crippen LogP contribution in [0, 0.1) is 0 Å². The van der Waals surface area contributed by atoms with Crippen molar-refractivity contribution >= 4 is 23.0 Å². The summed E-state index contributed by atoms with van der Waals surface area (Å²) in [4.78, 5) is 31.3. The van der Waals surface area contributed by atoms with Gasteiger partial charge in [0.05, 0.1) is 13.1 Å². The summed E-state index contributed by atoms with van der Waals surface area (Å²) in [5, 5.41) is 2.56. The third-order valence-electron chi connectivity index (χ3n) is 4.40. The van der Waals surface area contributed by atoms with Gasteiger partial charge in [-0.05, 0) is 11.1 Å². The van der Waals surface area contributed by atoms with Gasteiger partial charge in [0.2, 0.25) is 11.4 Å². The maximum Gasteiger partial charge on any atom is 0.311 e. The van der Waals surface area contributed by atoms with E-state index in [4.69, 9.17) is 0 Å². The molecule has 2 aromatic heterocycles. The molecule has 0 aliphatic rings. The Kier molecular flexibility index (Phi) is 4.72. The van der Waals surface area contributed by atoms with Crippen LogP contribution in [0.15, 0.2) is 71.8 Å². The molecule has 1 amide bonds. The summed E-state index contributed by atoms with van der Waals surface area (Å²) >= 11 is 0. The summed E-state index contributed by atoms with van der Waals surface area (Å²) in [7, 11) is 0. The zero-order valence-electron chi connectivity index (χ0n) is 15.4. The van der Waals surface area contributed by atoms with Crippen molar-refractivity contribution in [1.82, 2.24) is 14.5 Å². The van der Waals surface area contributed by atoms with Crippen molar-refractivity contribution in [2.45, 2.75) is 20.0 Å². The topological polar surface area (TPSA) is 83.7 Å². The molecule has 4 aromatic rings. The van der Waals surface area contributed by atoms with Crippen LogP contribution in [0.25, 0.3) is 11.2 Å². The van der Waals surface area contributed by atoms with Crippen molar-refractivity contribution in [1.29, 1.82) is 0 Å². The number of aromatic amines is 1. The predicted molar refractivity (Wildman–Crippen MR) is 106 cm³/mol. The number of nitrogens with zero attached hydrogens (tertiary/aromatic N) is 3. The van der Waals surface area contributed by atoms with E-state index < -0.39 is 0 Å². The molecule has 0 fully saturated rings. The maximum absolute atomic E-state index is 12.8. The molecule has 2 heterocycles. The minimum atomic E-state index is -0.295. The molecule has 7 nitrogen and oxygen atoms in total. The van der Waals surface area contributed by atoms with Crippen LogP contribution in [-0.4, -0.2) is 20.4 Å². The van der Waals surface area contributed by atoms with E-state index in [1.165, 1.54) is 6.92 Å². The van der Waals surface area contributed by atoms with Gasteiger partial charge in [-0.3, -0.25) is 24.5 Å². The number of fused-ring (bicyclic) bond motifs is 1. The molecule has 4 rings (SSSR count). The van der Waals surface area contributed by atoms with E-state index in [2.05, 4.69) is 15.3 Å². The number of aromatic nitrogens is 4. The van der Waals surface area contributed by atoms with Crippen molar-refractivity contribution in [2.75, 3.05) is 5.32 Å². The lowest BCUT2D eigenvalue weighted by molar-refractivity contribution is -0.665. The first-order valence-corrected chi connectivity index (χ1v) is 8.98. The maximum atomic E-state index is 12.8. The fourth-order valence-electron chi connectivity index (χ4n) is 3.22. The summed E-state index contributed by atoms with van der Waals surface area (Å²) in [5.74, 6) is -0.148. The Labute approximate surface area is 161 Å². The highest BCUT2D eigenvalue weighted by Gasteiger charge is 2.22. The van der Waals surface area contributed by atoms with Crippen molar-refractivity contribution in [3.63, 3.8) is 0 Å². The summed E-state index contributed by atoms with van der Waals surface area (Å²) in [6.07, 6.45) is 1.89. The monoisotopic (exact) mass is 374 g/mol. The second kappa shape index (κ2) is 7.48. The minimum absolute atomic E-state index is 0.143. The van der Waals surface area contributed by atoms with Gasteiger partial charge in [0.15, 0.2) is 6.33 Å². The zero-order chi connectivity index (χ0) is 19.5. The number of anilines is 1. The van der Waals surface area contributed by atoms with Gasteiger partial charge in [-0.1, -0.05) is 65.6 Å². The third-order valence-corrected chi connectivity index (χ3v) is 4.40. The lowest BCUT2D eigenvalue weighted by atomic mass is 10.2. The van der Waals surface area contributed by atoms with Gasteiger partial charge in [0, 0.05) is 6.92 Å². The Morgan fingerprint density at radius 2 is 1.71 bits per heavy atom. The Morgan fingerprint density at radius 1 is 1.07 bits per heavy atom. The molecular weight excluding hydrogens is 354 g/mol. The standard InChI is InChI=1S/C21H19N5O2/c1-15(27)22-21-23-19-18(20(28)24-21)25(12-16-8-4-2-5-9-16)14-26(19)13-17-10-6-3-7-11-17/h2-11,14H,12-13H2,1H3,(H-,22,23,24,27,28)/p+1. The van der Waals surface area contributed by atoms with Gasteiger partial charge in [0.1, 0.15) is 0 Å². The summed E-state index contributed by atoms with van der Waals surface area (Å²) in [5.41, 5.74) is 2.86. The molecule has 0 saturated heterocycles. The molecule has 0 aliphatic heterocycles.